The van der Waals surface area contributed by atoms with Gasteiger partial charge >= 0.3 is 0 Å². The van der Waals surface area contributed by atoms with Crippen LogP contribution in [-0.4, -0.2) is 18.7 Å². The van der Waals surface area contributed by atoms with Crippen LogP contribution in [0.4, 0.5) is 5.69 Å². The Labute approximate surface area is 101 Å². The molecule has 0 aliphatic rings. The van der Waals surface area contributed by atoms with Crippen molar-refractivity contribution in [1.29, 1.82) is 0 Å². The molecule has 4 nitrogen and oxygen atoms in total. The van der Waals surface area contributed by atoms with Gasteiger partial charge in [-0.3, -0.25) is 4.55 Å². The van der Waals surface area contributed by atoms with Crippen molar-refractivity contribution in [2.45, 2.75) is 6.92 Å². The van der Waals surface area contributed by atoms with Gasteiger partial charge in [0.05, 0.1) is 5.75 Å². The molecule has 0 unspecified atom stereocenters. The van der Waals surface area contributed by atoms with Crippen LogP contribution < -0.4 is 5.73 Å². The molecule has 0 heterocycles. The summed E-state index contributed by atoms with van der Waals surface area (Å²) in [6.07, 6.45) is 0. The average Bonchev–Trinajstić information content (AvgIpc) is 2.30. The van der Waals surface area contributed by atoms with Crippen molar-refractivity contribution >= 4 is 26.6 Å². The molecule has 2 aromatic carbocycles. The van der Waals surface area contributed by atoms with Crippen LogP contribution in [0.5, 0.6) is 0 Å². The molecule has 17 heavy (non-hydrogen) atoms. The monoisotopic (exact) mass is 253 g/mol. The summed E-state index contributed by atoms with van der Waals surface area (Å²) >= 11 is 0. The first-order chi connectivity index (χ1) is 7.94. The molecular weight excluding hydrogens is 238 g/mol. The molecule has 0 aliphatic carbocycles. The molecular formula is C12H15NO3S. The minimum absolute atomic E-state index is 0.201. The first-order valence-corrected chi connectivity index (χ1v) is 6.73. The van der Waals surface area contributed by atoms with Gasteiger partial charge in [0.2, 0.25) is 0 Å². The van der Waals surface area contributed by atoms with Gasteiger partial charge in [0.25, 0.3) is 10.1 Å². The zero-order valence-corrected chi connectivity index (χ0v) is 10.3. The summed E-state index contributed by atoms with van der Waals surface area (Å²) in [5.41, 5.74) is 6.61. The highest BCUT2D eigenvalue weighted by atomic mass is 32.2. The van der Waals surface area contributed by atoms with Crippen molar-refractivity contribution in [3.8, 4) is 0 Å². The predicted molar refractivity (Wildman–Crippen MR) is 70.5 cm³/mol. The zero-order valence-electron chi connectivity index (χ0n) is 9.50. The topological polar surface area (TPSA) is 80.4 Å². The van der Waals surface area contributed by atoms with E-state index in [1.807, 2.05) is 30.3 Å². The minimum Gasteiger partial charge on any atom is -0.398 e. The average molecular weight is 253 g/mol. The summed E-state index contributed by atoms with van der Waals surface area (Å²) in [6.45, 7) is 1.37. The SMILES string of the molecule is CCS(=O)(=O)O.Nc1cccc2ccccc12. The molecule has 0 radical (unpaired) electrons. The van der Waals surface area contributed by atoms with Gasteiger partial charge in [-0.05, 0) is 18.4 Å². The largest absolute Gasteiger partial charge is 0.398 e. The Hall–Kier alpha value is -1.59. The lowest BCUT2D eigenvalue weighted by Gasteiger charge is -1.98. The fourth-order valence-corrected chi connectivity index (χ4v) is 1.25. The smallest absolute Gasteiger partial charge is 0.264 e. The summed E-state index contributed by atoms with van der Waals surface area (Å²) in [6, 6.07) is 14.1. The van der Waals surface area contributed by atoms with Crippen LogP contribution in [0.3, 0.4) is 0 Å². The second-order valence-electron chi connectivity index (χ2n) is 3.44. The lowest BCUT2D eigenvalue weighted by atomic mass is 10.1. The predicted octanol–water partition coefficient (Wildman–Crippen LogP) is 2.32. The van der Waals surface area contributed by atoms with Crippen LogP contribution in [0.15, 0.2) is 42.5 Å². The number of benzene rings is 2. The summed E-state index contributed by atoms with van der Waals surface area (Å²) in [5, 5.41) is 2.34. The van der Waals surface area contributed by atoms with Gasteiger partial charge in [-0.15, -0.1) is 0 Å². The molecule has 0 saturated carbocycles. The first-order valence-electron chi connectivity index (χ1n) is 5.12. The maximum absolute atomic E-state index is 9.56. The Bertz CT molecular complexity index is 588. The Morgan fingerprint density at radius 1 is 1.12 bits per heavy atom. The van der Waals surface area contributed by atoms with Gasteiger partial charge in [0.15, 0.2) is 0 Å². The number of nitrogens with two attached hydrogens (primary N) is 1. The van der Waals surface area contributed by atoms with Gasteiger partial charge in [0.1, 0.15) is 0 Å². The van der Waals surface area contributed by atoms with E-state index in [1.165, 1.54) is 12.3 Å². The molecule has 0 aliphatic heterocycles. The zero-order chi connectivity index (χ0) is 12.9. The summed E-state index contributed by atoms with van der Waals surface area (Å²) in [7, 11) is -3.66. The van der Waals surface area contributed by atoms with E-state index in [1.54, 1.807) is 0 Å². The second-order valence-corrected chi connectivity index (χ2v) is 5.18. The standard InChI is InChI=1S/C10H9N.C2H6O3S/c11-10-7-3-5-8-4-1-2-6-9(8)10;1-2-6(3,4)5/h1-7H,11H2;2H2,1H3,(H,3,4,5). The Kier molecular flexibility index (Phi) is 4.48. The number of hydrogen-bond donors (Lipinski definition) is 2. The van der Waals surface area contributed by atoms with E-state index in [2.05, 4.69) is 12.1 Å². The molecule has 0 atom stereocenters. The highest BCUT2D eigenvalue weighted by Crippen LogP contribution is 2.19. The maximum atomic E-state index is 9.56. The molecule has 2 aromatic rings. The lowest BCUT2D eigenvalue weighted by molar-refractivity contribution is 0.484. The quantitative estimate of drug-likeness (QED) is 0.603. The van der Waals surface area contributed by atoms with E-state index in [0.29, 0.717) is 0 Å². The Morgan fingerprint density at radius 3 is 2.18 bits per heavy atom. The van der Waals surface area contributed by atoms with Gasteiger partial charge < -0.3 is 5.73 Å². The van der Waals surface area contributed by atoms with Gasteiger partial charge in [-0.2, -0.15) is 8.42 Å². The highest BCUT2D eigenvalue weighted by molar-refractivity contribution is 7.85. The molecule has 3 N–H and O–H groups in total. The van der Waals surface area contributed by atoms with E-state index in [4.69, 9.17) is 10.3 Å². The van der Waals surface area contributed by atoms with Crippen LogP contribution in [-0.2, 0) is 10.1 Å². The van der Waals surface area contributed by atoms with Crippen molar-refractivity contribution in [1.82, 2.24) is 0 Å². The molecule has 0 spiro atoms. The van der Waals surface area contributed by atoms with E-state index in [9.17, 15) is 8.42 Å². The minimum atomic E-state index is -3.66. The normalized spacial score (nSPS) is 10.7. The fourth-order valence-electron chi connectivity index (χ4n) is 1.25. The number of hydrogen-bond acceptors (Lipinski definition) is 3. The summed E-state index contributed by atoms with van der Waals surface area (Å²) in [4.78, 5) is 0. The third-order valence-corrected chi connectivity index (χ3v) is 2.92. The number of fused-ring (bicyclic) bond motifs is 1. The van der Waals surface area contributed by atoms with Crippen LogP contribution in [0, 0.1) is 0 Å². The van der Waals surface area contributed by atoms with E-state index in [0.717, 1.165) is 11.1 Å². The summed E-state index contributed by atoms with van der Waals surface area (Å²) < 4.78 is 26.9. The second kappa shape index (κ2) is 5.65. The Morgan fingerprint density at radius 2 is 1.65 bits per heavy atom. The first kappa shape index (κ1) is 13.5. The van der Waals surface area contributed by atoms with Gasteiger partial charge in [-0.1, -0.05) is 36.4 Å². The third-order valence-electron chi connectivity index (χ3n) is 2.19. The van der Waals surface area contributed by atoms with Crippen molar-refractivity contribution in [3.05, 3.63) is 42.5 Å². The van der Waals surface area contributed by atoms with Crippen molar-refractivity contribution in [3.63, 3.8) is 0 Å². The Balaban J connectivity index is 0.000000209. The third kappa shape index (κ3) is 4.42. The van der Waals surface area contributed by atoms with E-state index >= 15 is 0 Å². The van der Waals surface area contributed by atoms with Crippen LogP contribution in [0.1, 0.15) is 6.92 Å². The maximum Gasteiger partial charge on any atom is 0.264 e. The van der Waals surface area contributed by atoms with Crippen LogP contribution in [0.25, 0.3) is 10.8 Å². The van der Waals surface area contributed by atoms with Crippen molar-refractivity contribution < 1.29 is 13.0 Å². The summed E-state index contributed by atoms with van der Waals surface area (Å²) in [5.74, 6) is -0.201. The molecule has 92 valence electrons. The number of anilines is 1. The molecule has 0 bridgehead atoms. The molecule has 0 amide bonds. The molecule has 0 aromatic heterocycles. The van der Waals surface area contributed by atoms with E-state index < -0.39 is 10.1 Å². The molecule has 0 fully saturated rings. The van der Waals surface area contributed by atoms with Gasteiger partial charge in [0, 0.05) is 11.1 Å². The highest BCUT2D eigenvalue weighted by Gasteiger charge is 1.93. The van der Waals surface area contributed by atoms with E-state index in [-0.39, 0.29) is 5.75 Å². The number of rotatable bonds is 1. The lowest BCUT2D eigenvalue weighted by Crippen LogP contribution is -1.97. The fraction of sp³-hybridized carbons (Fsp3) is 0.167. The van der Waals surface area contributed by atoms with Crippen LogP contribution in [0.2, 0.25) is 0 Å². The molecule has 0 saturated heterocycles. The molecule has 5 heteroatoms. The van der Waals surface area contributed by atoms with Gasteiger partial charge in [-0.25, -0.2) is 0 Å². The van der Waals surface area contributed by atoms with Crippen molar-refractivity contribution in [2.24, 2.45) is 0 Å². The molecule has 2 rings (SSSR count). The van der Waals surface area contributed by atoms with Crippen molar-refractivity contribution in [2.75, 3.05) is 11.5 Å². The van der Waals surface area contributed by atoms with Crippen LogP contribution >= 0.6 is 0 Å². The number of nitrogen functional groups attached to an aromatic ring is 1.